The van der Waals surface area contributed by atoms with Gasteiger partial charge in [-0.1, -0.05) is 48.0 Å². The second kappa shape index (κ2) is 13.9. The Hall–Kier alpha value is -6.00. The lowest BCUT2D eigenvalue weighted by molar-refractivity contribution is 0.0947. The molecule has 0 bridgehead atoms. The average molecular weight is 687 g/mol. The van der Waals surface area contributed by atoms with E-state index in [0.717, 1.165) is 45.0 Å². The predicted octanol–water partition coefficient (Wildman–Crippen LogP) is 6.87. The summed E-state index contributed by atoms with van der Waals surface area (Å²) in [6.45, 7) is 0.963. The molecule has 0 radical (unpaired) electrons. The monoisotopic (exact) mass is 686 g/mol. The summed E-state index contributed by atoms with van der Waals surface area (Å²) in [5.74, 6) is 2.20. The first-order valence-corrected chi connectivity index (χ1v) is 16.5. The van der Waals surface area contributed by atoms with Crippen LogP contribution in [0.5, 0.6) is 11.5 Å². The van der Waals surface area contributed by atoms with Gasteiger partial charge in [-0.05, 0) is 83.9 Å². The minimum Gasteiger partial charge on any atom is -0.497 e. The Morgan fingerprint density at radius 2 is 1.34 bits per heavy atom. The molecule has 6 aromatic rings. The number of hydrogen-bond donors (Lipinski definition) is 4. The molecular weight excluding hydrogens is 652 g/mol. The zero-order valence-electron chi connectivity index (χ0n) is 27.4. The smallest absolute Gasteiger partial charge is 0.253 e. The summed E-state index contributed by atoms with van der Waals surface area (Å²) in [5, 5.41) is 10.0. The van der Waals surface area contributed by atoms with E-state index in [1.807, 2.05) is 91.0 Å². The van der Waals surface area contributed by atoms with Gasteiger partial charge in [0, 0.05) is 23.7 Å². The number of hydrogen-bond acceptors (Lipinski definition) is 7. The van der Waals surface area contributed by atoms with Crippen LogP contribution in [-0.4, -0.2) is 48.7 Å². The van der Waals surface area contributed by atoms with Crippen molar-refractivity contribution in [1.29, 1.82) is 0 Å². The van der Waals surface area contributed by atoms with Crippen LogP contribution in [0.25, 0.3) is 22.4 Å². The van der Waals surface area contributed by atoms with E-state index >= 15 is 0 Å². The van der Waals surface area contributed by atoms with Gasteiger partial charge < -0.3 is 35.7 Å². The Bertz CT molecular complexity index is 2180. The molecule has 2 aliphatic heterocycles. The van der Waals surface area contributed by atoms with Crippen molar-refractivity contribution in [2.45, 2.75) is 12.1 Å². The third-order valence-electron chi connectivity index (χ3n) is 8.97. The Morgan fingerprint density at radius 1 is 0.740 bits per heavy atom. The number of imidazole rings is 1. The van der Waals surface area contributed by atoms with Crippen molar-refractivity contribution in [2.24, 2.45) is 0 Å². The van der Waals surface area contributed by atoms with Crippen LogP contribution >= 0.6 is 11.6 Å². The molecule has 8 rings (SSSR count). The number of benzene rings is 5. The second-order valence-corrected chi connectivity index (χ2v) is 12.4. The van der Waals surface area contributed by atoms with E-state index in [4.69, 9.17) is 31.8 Å². The van der Waals surface area contributed by atoms with Gasteiger partial charge >= 0.3 is 0 Å². The summed E-state index contributed by atoms with van der Waals surface area (Å²) in [4.78, 5) is 29.8. The number of methoxy groups -OCH3 is 2. The third kappa shape index (κ3) is 6.28. The molecule has 5 aromatic carbocycles. The van der Waals surface area contributed by atoms with Crippen molar-refractivity contribution in [3.63, 3.8) is 0 Å². The fourth-order valence-electron chi connectivity index (χ4n) is 6.38. The Kier molecular flexibility index (Phi) is 9.02. The van der Waals surface area contributed by atoms with E-state index in [2.05, 4.69) is 20.5 Å². The number of fused-ring (bicyclic) bond motifs is 1. The maximum Gasteiger partial charge on any atom is 0.253 e. The number of ether oxygens (including phenoxy) is 2. The normalized spacial score (nSPS) is 16.4. The molecule has 2 unspecified atom stereocenters. The van der Waals surface area contributed by atoms with Gasteiger partial charge in [-0.15, -0.1) is 0 Å². The van der Waals surface area contributed by atoms with Crippen LogP contribution in [0, 0.1) is 0 Å². The number of nitrogens with zero attached hydrogens (tertiary/aromatic N) is 2. The van der Waals surface area contributed by atoms with E-state index in [1.165, 1.54) is 0 Å². The van der Waals surface area contributed by atoms with Gasteiger partial charge in [0.1, 0.15) is 17.3 Å². The molecule has 1 aromatic heterocycles. The average Bonchev–Trinajstić information content (AvgIpc) is 3.35. The van der Waals surface area contributed by atoms with Crippen molar-refractivity contribution < 1.29 is 19.1 Å². The lowest BCUT2D eigenvalue weighted by Crippen LogP contribution is -2.28. The van der Waals surface area contributed by atoms with Gasteiger partial charge in [-0.2, -0.15) is 0 Å². The lowest BCUT2D eigenvalue weighted by Gasteiger charge is -2.21. The zero-order chi connectivity index (χ0) is 34.8. The van der Waals surface area contributed by atoms with Gasteiger partial charge in [0.25, 0.3) is 11.8 Å². The quantitative estimate of drug-likeness (QED) is 0.146. The molecule has 0 saturated heterocycles. The molecule has 2 atom stereocenters. The largest absolute Gasteiger partial charge is 0.497 e. The maximum atomic E-state index is 12.8. The van der Waals surface area contributed by atoms with Crippen molar-refractivity contribution >= 4 is 45.8 Å². The summed E-state index contributed by atoms with van der Waals surface area (Å²) < 4.78 is 12.6. The molecule has 0 fully saturated rings. The first kappa shape index (κ1) is 32.5. The molecule has 0 spiro atoms. The highest BCUT2D eigenvalue weighted by Crippen LogP contribution is 2.36. The molecule has 0 aliphatic carbocycles. The number of anilines is 2. The van der Waals surface area contributed by atoms with Crippen molar-refractivity contribution in [1.82, 2.24) is 20.2 Å². The summed E-state index contributed by atoms with van der Waals surface area (Å²) in [7, 11) is 3.28. The van der Waals surface area contributed by atoms with Gasteiger partial charge in [0.2, 0.25) is 0 Å². The highest BCUT2D eigenvalue weighted by atomic mass is 35.5. The van der Waals surface area contributed by atoms with Crippen LogP contribution < -0.4 is 31.2 Å². The number of carbonyl (C=O) groups excluding carboxylic acids is 2. The maximum absolute atomic E-state index is 12.8. The second-order valence-electron chi connectivity index (χ2n) is 11.9. The molecule has 252 valence electrons. The molecule has 5 N–H and O–H groups in total. The van der Waals surface area contributed by atoms with E-state index in [0.29, 0.717) is 40.6 Å². The molecule has 3 heterocycles. The molecule has 2 amide bonds. The fourth-order valence-corrected chi connectivity index (χ4v) is 6.51. The highest BCUT2D eigenvalue weighted by molar-refractivity contribution is 6.30. The van der Waals surface area contributed by atoms with E-state index in [1.54, 1.807) is 32.4 Å². The number of nitrogens with two attached hydrogens (primary N) is 1. The van der Waals surface area contributed by atoms with E-state index in [-0.39, 0.29) is 23.9 Å². The molecule has 0 saturated carbocycles. The van der Waals surface area contributed by atoms with Gasteiger partial charge in [-0.3, -0.25) is 9.59 Å². The van der Waals surface area contributed by atoms with Crippen LogP contribution in [-0.2, 0) is 0 Å². The zero-order valence-corrected chi connectivity index (χ0v) is 28.2. The van der Waals surface area contributed by atoms with Crippen LogP contribution in [0.1, 0.15) is 43.9 Å². The van der Waals surface area contributed by atoms with Crippen molar-refractivity contribution in [2.75, 3.05) is 38.4 Å². The van der Waals surface area contributed by atoms with Gasteiger partial charge in [0.15, 0.2) is 0 Å². The van der Waals surface area contributed by atoms with Crippen molar-refractivity contribution in [3.8, 4) is 22.9 Å². The number of halogens is 1. The number of amides is 2. The number of rotatable bonds is 5. The predicted molar refractivity (Wildman–Crippen MR) is 196 cm³/mol. The third-order valence-corrected chi connectivity index (χ3v) is 9.22. The van der Waals surface area contributed by atoms with Crippen LogP contribution in [0.4, 0.5) is 11.4 Å². The molecule has 50 heavy (non-hydrogen) atoms. The number of nitrogens with one attached hydrogen (secondary N) is 3. The summed E-state index contributed by atoms with van der Waals surface area (Å²) >= 11 is 6.09. The summed E-state index contributed by atoms with van der Waals surface area (Å²) in [6, 6.07) is 34.2. The Morgan fingerprint density at radius 3 is 2.02 bits per heavy atom. The molecule has 11 heteroatoms. The SMILES string of the molecule is COc1ccc(C2CNC(=O)c3cccc(N)c3N2)cc1.COc1ccc(C2CNC(=O)c3cccc4nc(-c5ccc(Cl)cc5)n2c34)cc1. The van der Waals surface area contributed by atoms with E-state index < -0.39 is 0 Å². The summed E-state index contributed by atoms with van der Waals surface area (Å²) in [5.41, 5.74) is 13.2. The first-order valence-electron chi connectivity index (χ1n) is 16.1. The standard InChI is InChI=1S/C23H18ClN3O2.C16H17N3O2/c1-29-17-11-7-14(8-12-17)20-13-25-23(28)18-3-2-4-19-21(18)27(20)22(26-19)15-5-9-16(24)10-6-15;1-21-11-7-5-10(6-8-11)14-9-18-16(20)12-3-2-4-13(17)15(12)19-14/h2-12,20H,13H2,1H3,(H,25,28);2-8,14,19H,9,17H2,1H3,(H,18,20). The highest BCUT2D eigenvalue weighted by Gasteiger charge is 2.29. The topological polar surface area (TPSA) is 133 Å². The molecular formula is C39H35ClN6O4. The number of para-hydroxylation sites is 2. The van der Waals surface area contributed by atoms with Crippen LogP contribution in [0.2, 0.25) is 5.02 Å². The van der Waals surface area contributed by atoms with E-state index in [9.17, 15) is 9.59 Å². The first-order chi connectivity index (χ1) is 24.3. The minimum atomic E-state index is -0.110. The van der Waals surface area contributed by atoms with Crippen LogP contribution in [0.3, 0.4) is 0 Å². The number of nitrogen functional groups attached to an aromatic ring is 1. The van der Waals surface area contributed by atoms with Gasteiger partial charge in [-0.25, -0.2) is 4.98 Å². The number of carbonyl (C=O) groups is 2. The Labute approximate surface area is 294 Å². The number of aromatic nitrogens is 2. The fraction of sp³-hybridized carbons (Fsp3) is 0.154. The van der Waals surface area contributed by atoms with Crippen LogP contribution in [0.15, 0.2) is 109 Å². The Balaban J connectivity index is 0.000000166. The molecule has 2 aliphatic rings. The minimum absolute atomic E-state index is 0.0363. The van der Waals surface area contributed by atoms with Gasteiger partial charge in [0.05, 0.1) is 59.8 Å². The lowest BCUT2D eigenvalue weighted by atomic mass is 10.1. The molecule has 10 nitrogen and oxygen atoms in total. The van der Waals surface area contributed by atoms with Crippen molar-refractivity contribution in [3.05, 3.63) is 136 Å². The summed E-state index contributed by atoms with van der Waals surface area (Å²) in [6.07, 6.45) is 0.